The average molecular weight is 475 g/mol. The fourth-order valence-corrected chi connectivity index (χ4v) is 7.79. The number of hydrogen-bond acceptors (Lipinski definition) is 6. The van der Waals surface area contributed by atoms with E-state index in [1.165, 1.54) is 0 Å². The lowest BCUT2D eigenvalue weighted by Gasteiger charge is -2.23. The number of carbonyl (C=O) groups excluding carboxylic acids is 2. The zero-order valence-corrected chi connectivity index (χ0v) is 19.8. The van der Waals surface area contributed by atoms with Gasteiger partial charge in [-0.15, -0.1) is 0 Å². The first kappa shape index (κ1) is 22.9. The minimum absolute atomic E-state index is 0.00192. The molecule has 2 aromatic carbocycles. The monoisotopic (exact) mass is 474 g/mol. The molecule has 1 aliphatic carbocycles. The number of ketones is 2. The molecule has 0 radical (unpaired) electrons. The lowest BCUT2D eigenvalue weighted by atomic mass is 9.97. The van der Waals surface area contributed by atoms with Crippen LogP contribution in [0.25, 0.3) is 0 Å². The summed E-state index contributed by atoms with van der Waals surface area (Å²) in [5.41, 5.74) is 4.70. The molecule has 0 aromatic heterocycles. The van der Waals surface area contributed by atoms with E-state index >= 15 is 0 Å². The first-order valence-electron chi connectivity index (χ1n) is 10.8. The summed E-state index contributed by atoms with van der Waals surface area (Å²) >= 11 is 0. The van der Waals surface area contributed by atoms with Crippen molar-refractivity contribution in [2.75, 3.05) is 5.75 Å². The van der Waals surface area contributed by atoms with Crippen LogP contribution >= 0.6 is 0 Å². The van der Waals surface area contributed by atoms with Crippen molar-refractivity contribution in [1.29, 1.82) is 0 Å². The first-order valence-corrected chi connectivity index (χ1v) is 14.2. The summed E-state index contributed by atoms with van der Waals surface area (Å²) in [6.07, 6.45) is 2.72. The summed E-state index contributed by atoms with van der Waals surface area (Å²) in [6.45, 7) is 4.03. The second kappa shape index (κ2) is 7.92. The van der Waals surface area contributed by atoms with Gasteiger partial charge in [-0.1, -0.05) is 38.1 Å². The molecule has 0 amide bonds. The average Bonchev–Trinajstić information content (AvgIpc) is 3.54. The summed E-state index contributed by atoms with van der Waals surface area (Å²) in [5, 5.41) is 0. The molecule has 0 N–H and O–H groups in total. The Kier molecular flexibility index (Phi) is 5.66. The standard InChI is InChI=1S/C13H14O3S.C11H12O3S/c1-2-9-3-4-10-8-17(15,16)13(5-6-13)12(14)11(10)7-9;1-2-8-3-4-9-6-15(13,14)7-11(12)10(9)5-8/h3-4,7H,2,5-6,8H2,1H3;3-5H,2,6-7H2,1H3. The van der Waals surface area contributed by atoms with E-state index < -0.39 is 24.4 Å². The molecular formula is C24H26O6S2. The first-order chi connectivity index (χ1) is 15.0. The van der Waals surface area contributed by atoms with Crippen molar-refractivity contribution in [1.82, 2.24) is 0 Å². The van der Waals surface area contributed by atoms with Gasteiger partial charge in [-0.05, 0) is 60.1 Å². The van der Waals surface area contributed by atoms with E-state index in [2.05, 4.69) is 0 Å². The highest BCUT2D eigenvalue weighted by molar-refractivity contribution is 7.93. The van der Waals surface area contributed by atoms with Gasteiger partial charge in [-0.3, -0.25) is 9.59 Å². The fraction of sp³-hybridized carbons (Fsp3) is 0.417. The van der Waals surface area contributed by atoms with E-state index in [9.17, 15) is 26.4 Å². The molecule has 0 saturated heterocycles. The Hall–Kier alpha value is -2.32. The Labute approximate surface area is 188 Å². The van der Waals surface area contributed by atoms with Gasteiger partial charge >= 0.3 is 0 Å². The highest BCUT2D eigenvalue weighted by Crippen LogP contribution is 2.50. The maximum atomic E-state index is 12.3. The van der Waals surface area contributed by atoms with E-state index in [4.69, 9.17) is 0 Å². The molecule has 0 bridgehead atoms. The van der Waals surface area contributed by atoms with Gasteiger partial charge in [0.05, 0.1) is 11.5 Å². The SMILES string of the molecule is CCc1ccc2c(c1)C(=O)C1(CC1)S(=O)(=O)C2.CCc1ccc2c(c1)C(=O)CS(=O)(=O)C2. The lowest BCUT2D eigenvalue weighted by molar-refractivity contribution is 0.0973. The number of aryl methyl sites for hydroxylation is 2. The molecule has 2 aromatic rings. The molecule has 32 heavy (non-hydrogen) atoms. The molecule has 1 spiro atoms. The molecule has 8 heteroatoms. The van der Waals surface area contributed by atoms with Crippen molar-refractivity contribution in [2.24, 2.45) is 0 Å². The molecule has 6 nitrogen and oxygen atoms in total. The van der Waals surface area contributed by atoms with Gasteiger partial charge in [-0.25, -0.2) is 16.8 Å². The van der Waals surface area contributed by atoms with Crippen LogP contribution in [0, 0.1) is 0 Å². The number of benzene rings is 2. The Bertz CT molecular complexity index is 1330. The summed E-state index contributed by atoms with van der Waals surface area (Å²) in [4.78, 5) is 23.9. The van der Waals surface area contributed by atoms with Crippen molar-refractivity contribution in [2.45, 2.75) is 55.8 Å². The van der Waals surface area contributed by atoms with E-state index in [0.717, 1.165) is 24.0 Å². The third kappa shape index (κ3) is 3.94. The molecule has 2 heterocycles. The molecule has 0 unspecified atom stereocenters. The summed E-state index contributed by atoms with van der Waals surface area (Å²) < 4.78 is 45.8. The predicted molar refractivity (Wildman–Crippen MR) is 122 cm³/mol. The largest absolute Gasteiger partial charge is 0.293 e. The predicted octanol–water partition coefficient (Wildman–Crippen LogP) is 3.25. The highest BCUT2D eigenvalue weighted by atomic mass is 32.2. The van der Waals surface area contributed by atoms with Gasteiger partial charge in [0, 0.05) is 11.1 Å². The Balaban J connectivity index is 0.000000155. The quantitative estimate of drug-likeness (QED) is 0.662. The van der Waals surface area contributed by atoms with Gasteiger partial charge in [0.15, 0.2) is 31.2 Å². The van der Waals surface area contributed by atoms with E-state index in [1.54, 1.807) is 12.1 Å². The number of hydrogen-bond donors (Lipinski definition) is 0. The van der Waals surface area contributed by atoms with Crippen LogP contribution in [0.4, 0.5) is 0 Å². The third-order valence-electron chi connectivity index (χ3n) is 6.50. The maximum absolute atomic E-state index is 12.3. The highest BCUT2D eigenvalue weighted by Gasteiger charge is 2.62. The molecule has 170 valence electrons. The van der Waals surface area contributed by atoms with Gasteiger partial charge in [0.1, 0.15) is 10.5 Å². The Morgan fingerprint density at radius 3 is 1.81 bits per heavy atom. The number of sulfone groups is 2. The van der Waals surface area contributed by atoms with E-state index in [0.29, 0.717) is 35.1 Å². The minimum Gasteiger partial charge on any atom is -0.293 e. The Morgan fingerprint density at radius 2 is 1.28 bits per heavy atom. The summed E-state index contributed by atoms with van der Waals surface area (Å²) in [6, 6.07) is 11.0. The van der Waals surface area contributed by atoms with Crippen LogP contribution in [0.3, 0.4) is 0 Å². The van der Waals surface area contributed by atoms with Crippen LogP contribution in [-0.2, 0) is 44.0 Å². The van der Waals surface area contributed by atoms with Crippen molar-refractivity contribution < 1.29 is 26.4 Å². The van der Waals surface area contributed by atoms with Crippen LogP contribution in [0.1, 0.15) is 69.7 Å². The molecular weight excluding hydrogens is 448 g/mol. The molecule has 1 fully saturated rings. The van der Waals surface area contributed by atoms with Crippen LogP contribution < -0.4 is 0 Å². The van der Waals surface area contributed by atoms with Crippen molar-refractivity contribution >= 4 is 31.2 Å². The van der Waals surface area contributed by atoms with E-state index in [1.807, 2.05) is 38.1 Å². The zero-order chi connectivity index (χ0) is 23.3. The van der Waals surface area contributed by atoms with Crippen molar-refractivity contribution in [3.63, 3.8) is 0 Å². The summed E-state index contributed by atoms with van der Waals surface area (Å²) in [7, 11) is -6.50. The second-order valence-electron chi connectivity index (χ2n) is 8.73. The van der Waals surface area contributed by atoms with Crippen LogP contribution in [-0.4, -0.2) is 38.9 Å². The van der Waals surface area contributed by atoms with Crippen LogP contribution in [0.15, 0.2) is 36.4 Å². The number of Topliss-reactive ketones (excluding diaryl/α,β-unsaturated/α-hetero) is 2. The zero-order valence-electron chi connectivity index (χ0n) is 18.2. The summed E-state index contributed by atoms with van der Waals surface area (Å²) in [5.74, 6) is -0.760. The van der Waals surface area contributed by atoms with Crippen molar-refractivity contribution in [3.8, 4) is 0 Å². The lowest BCUT2D eigenvalue weighted by Crippen LogP contribution is -2.38. The molecule has 1 saturated carbocycles. The maximum Gasteiger partial charge on any atom is 0.184 e. The van der Waals surface area contributed by atoms with E-state index in [-0.39, 0.29) is 28.8 Å². The van der Waals surface area contributed by atoms with Crippen LogP contribution in [0.2, 0.25) is 0 Å². The van der Waals surface area contributed by atoms with Gasteiger partial charge in [0.2, 0.25) is 0 Å². The second-order valence-corrected chi connectivity index (χ2v) is 13.1. The molecule has 0 atom stereocenters. The third-order valence-corrected chi connectivity index (χ3v) is 10.4. The molecule has 2 aliphatic heterocycles. The van der Waals surface area contributed by atoms with Crippen LogP contribution in [0.5, 0.6) is 0 Å². The van der Waals surface area contributed by atoms with Gasteiger partial charge < -0.3 is 0 Å². The number of carbonyl (C=O) groups is 2. The van der Waals surface area contributed by atoms with Crippen molar-refractivity contribution in [3.05, 3.63) is 69.8 Å². The topological polar surface area (TPSA) is 102 Å². The van der Waals surface area contributed by atoms with Gasteiger partial charge in [-0.2, -0.15) is 0 Å². The smallest absolute Gasteiger partial charge is 0.184 e. The normalized spacial score (nSPS) is 21.2. The fourth-order valence-electron chi connectivity index (χ4n) is 4.36. The molecule has 5 rings (SSSR count). The minimum atomic E-state index is -3.28. The molecule has 3 aliphatic rings. The number of fused-ring (bicyclic) bond motifs is 2. The Morgan fingerprint density at radius 1 is 0.750 bits per heavy atom. The number of rotatable bonds is 2. The van der Waals surface area contributed by atoms with Gasteiger partial charge in [0.25, 0.3) is 0 Å².